The van der Waals surface area contributed by atoms with E-state index in [1.807, 2.05) is 25.1 Å². The smallest absolute Gasteiger partial charge is 0.337 e. The molecule has 2 aromatic carbocycles. The summed E-state index contributed by atoms with van der Waals surface area (Å²) in [5.41, 5.74) is 4.13. The summed E-state index contributed by atoms with van der Waals surface area (Å²) in [4.78, 5) is 42.3. The van der Waals surface area contributed by atoms with Gasteiger partial charge >= 0.3 is 5.97 Å². The number of hydrogen-bond acceptors (Lipinski definition) is 8. The molecular weight excluding hydrogens is 514 g/mol. The van der Waals surface area contributed by atoms with E-state index in [1.54, 1.807) is 66.2 Å². The number of benzene rings is 2. The molecule has 0 aliphatic carbocycles. The van der Waals surface area contributed by atoms with Crippen molar-refractivity contribution in [3.8, 4) is 11.5 Å². The zero-order chi connectivity index (χ0) is 28.6. The maximum Gasteiger partial charge on any atom is 0.337 e. The summed E-state index contributed by atoms with van der Waals surface area (Å²) >= 11 is 0. The van der Waals surface area contributed by atoms with Crippen LogP contribution in [0.3, 0.4) is 0 Å². The first-order valence-electron chi connectivity index (χ1n) is 12.7. The number of methoxy groups -OCH3 is 1. The van der Waals surface area contributed by atoms with Gasteiger partial charge in [0.15, 0.2) is 11.5 Å². The molecular formula is C29H31N5O6. The average Bonchev–Trinajstić information content (AvgIpc) is 3.64. The van der Waals surface area contributed by atoms with Crippen molar-refractivity contribution in [2.24, 2.45) is 7.05 Å². The van der Waals surface area contributed by atoms with Crippen molar-refractivity contribution in [2.45, 2.75) is 0 Å². The van der Waals surface area contributed by atoms with E-state index in [1.165, 1.54) is 7.11 Å². The summed E-state index contributed by atoms with van der Waals surface area (Å²) in [5.74, 6) is 0.214. The number of fused-ring (bicyclic) bond motifs is 2. The number of nitrogens with one attached hydrogen (secondary N) is 2. The number of anilines is 2. The Kier molecular flexibility index (Phi) is 7.22. The predicted molar refractivity (Wildman–Crippen MR) is 150 cm³/mol. The van der Waals surface area contributed by atoms with Crippen molar-refractivity contribution in [3.05, 3.63) is 71.0 Å². The van der Waals surface area contributed by atoms with Crippen LogP contribution >= 0.6 is 0 Å². The minimum atomic E-state index is -0.499. The minimum absolute atomic E-state index is 0.114. The molecule has 11 heteroatoms. The molecule has 0 fully saturated rings. The second-order valence-electron chi connectivity index (χ2n) is 9.90. The molecule has 0 atom stereocenters. The molecule has 40 heavy (non-hydrogen) atoms. The van der Waals surface area contributed by atoms with Gasteiger partial charge in [-0.25, -0.2) is 4.79 Å². The normalized spacial score (nSPS) is 14.6. The molecule has 2 aliphatic heterocycles. The zero-order valence-electron chi connectivity index (χ0n) is 23.0. The van der Waals surface area contributed by atoms with Gasteiger partial charge in [0.05, 0.1) is 35.3 Å². The Morgan fingerprint density at radius 2 is 1.77 bits per heavy atom. The van der Waals surface area contributed by atoms with Gasteiger partial charge in [-0.2, -0.15) is 0 Å². The maximum atomic E-state index is 13.4. The molecule has 0 unspecified atom stereocenters. The number of nitrogens with zero attached hydrogens (tertiary/aromatic N) is 3. The van der Waals surface area contributed by atoms with Crippen molar-refractivity contribution in [2.75, 3.05) is 58.8 Å². The lowest BCUT2D eigenvalue weighted by molar-refractivity contribution is -0.110. The van der Waals surface area contributed by atoms with Crippen LogP contribution in [0.4, 0.5) is 11.4 Å². The molecule has 2 aliphatic rings. The Morgan fingerprint density at radius 3 is 2.52 bits per heavy atom. The van der Waals surface area contributed by atoms with Gasteiger partial charge in [0.1, 0.15) is 5.69 Å². The molecule has 208 valence electrons. The van der Waals surface area contributed by atoms with E-state index in [0.29, 0.717) is 63.1 Å². The van der Waals surface area contributed by atoms with Gasteiger partial charge in [-0.1, -0.05) is 6.07 Å². The van der Waals surface area contributed by atoms with Gasteiger partial charge in [0, 0.05) is 44.5 Å². The van der Waals surface area contributed by atoms with Crippen LogP contribution in [0.1, 0.15) is 32.0 Å². The van der Waals surface area contributed by atoms with Gasteiger partial charge < -0.3 is 39.2 Å². The molecule has 0 bridgehead atoms. The fourth-order valence-corrected chi connectivity index (χ4v) is 4.63. The fourth-order valence-electron chi connectivity index (χ4n) is 4.63. The Balaban J connectivity index is 1.56. The number of hydrogen-bond donors (Lipinski definition) is 2. The highest BCUT2D eigenvalue weighted by atomic mass is 16.7. The van der Waals surface area contributed by atoms with E-state index in [2.05, 4.69) is 10.6 Å². The Hall–Kier alpha value is -4.77. The molecule has 11 nitrogen and oxygen atoms in total. The van der Waals surface area contributed by atoms with Crippen LogP contribution in [0.25, 0.3) is 11.3 Å². The van der Waals surface area contributed by atoms with Crippen molar-refractivity contribution in [1.82, 2.24) is 14.4 Å². The van der Waals surface area contributed by atoms with E-state index in [0.717, 1.165) is 6.54 Å². The van der Waals surface area contributed by atoms with Crippen LogP contribution in [-0.2, 0) is 16.6 Å². The second-order valence-corrected chi connectivity index (χ2v) is 9.90. The first kappa shape index (κ1) is 26.8. The number of aromatic nitrogens is 1. The van der Waals surface area contributed by atoms with E-state index >= 15 is 0 Å². The maximum absolute atomic E-state index is 13.4. The third-order valence-corrected chi connectivity index (χ3v) is 6.82. The third kappa shape index (κ3) is 5.10. The number of carbonyl (C=O) groups excluding carboxylic acids is 3. The lowest BCUT2D eigenvalue weighted by Crippen LogP contribution is -2.34. The van der Waals surface area contributed by atoms with E-state index in [9.17, 15) is 14.4 Å². The third-order valence-electron chi connectivity index (χ3n) is 6.82. The number of carbonyl (C=O) groups is 3. The quantitative estimate of drug-likeness (QED) is 0.328. The lowest BCUT2D eigenvalue weighted by Gasteiger charge is -2.19. The highest BCUT2D eigenvalue weighted by molar-refractivity contribution is 6.37. The average molecular weight is 546 g/mol. The van der Waals surface area contributed by atoms with Crippen molar-refractivity contribution < 1.29 is 28.6 Å². The summed E-state index contributed by atoms with van der Waals surface area (Å²) in [6, 6.07) is 12.1. The Morgan fingerprint density at radius 1 is 1.02 bits per heavy atom. The van der Waals surface area contributed by atoms with Gasteiger partial charge in [0.25, 0.3) is 11.8 Å². The van der Waals surface area contributed by atoms with Crippen molar-refractivity contribution >= 4 is 40.4 Å². The van der Waals surface area contributed by atoms with Crippen molar-refractivity contribution in [1.29, 1.82) is 0 Å². The van der Waals surface area contributed by atoms with Crippen LogP contribution < -0.4 is 20.1 Å². The van der Waals surface area contributed by atoms with Gasteiger partial charge in [-0.3, -0.25) is 9.59 Å². The van der Waals surface area contributed by atoms with Crippen molar-refractivity contribution in [3.63, 3.8) is 0 Å². The second kappa shape index (κ2) is 10.8. The van der Waals surface area contributed by atoms with Crippen LogP contribution in [0.2, 0.25) is 0 Å². The number of amides is 2. The standard InChI is InChI=1S/C29H31N5O6/c1-32(2)10-11-33(3)28(36)22-14-19(15-34(22)4)30-26(17-7-9-23-24(13-17)40-16-39-23)25-20-8-6-18(29(37)38-5)12-21(20)31-27(25)35/h6-9,12-15,30H,10-11,16H2,1-5H3,(H,31,35)/b26-25-. The Bertz CT molecular complexity index is 1540. The number of esters is 1. The first-order valence-corrected chi connectivity index (χ1v) is 12.7. The Labute approximate surface area is 231 Å². The summed E-state index contributed by atoms with van der Waals surface area (Å²) in [5, 5.41) is 6.24. The topological polar surface area (TPSA) is 114 Å². The lowest BCUT2D eigenvalue weighted by atomic mass is 9.98. The molecule has 0 saturated carbocycles. The summed E-state index contributed by atoms with van der Waals surface area (Å²) in [6.45, 7) is 1.43. The van der Waals surface area contributed by atoms with E-state index < -0.39 is 5.97 Å². The highest BCUT2D eigenvalue weighted by Crippen LogP contribution is 2.41. The molecule has 2 amide bonds. The molecule has 3 aromatic rings. The van der Waals surface area contributed by atoms with Gasteiger partial charge in [-0.05, 0) is 50.5 Å². The molecule has 0 saturated heterocycles. The number of ether oxygens (including phenoxy) is 3. The largest absolute Gasteiger partial charge is 0.465 e. The number of aryl methyl sites for hydroxylation is 1. The van der Waals surface area contributed by atoms with Crippen LogP contribution in [-0.4, -0.2) is 80.3 Å². The molecule has 5 rings (SSSR count). The van der Waals surface area contributed by atoms with Gasteiger partial charge in [0.2, 0.25) is 6.79 Å². The molecule has 1 aromatic heterocycles. The monoisotopic (exact) mass is 545 g/mol. The SMILES string of the molecule is COC(=O)c1ccc2c(c1)NC(=O)/C2=C(\Nc1cc(C(=O)N(C)CCN(C)C)n(C)c1)c1ccc2c(c1)OCO2. The van der Waals surface area contributed by atoms with Crippen LogP contribution in [0, 0.1) is 0 Å². The number of rotatable bonds is 8. The summed E-state index contributed by atoms with van der Waals surface area (Å²) < 4.78 is 17.6. The van der Waals surface area contributed by atoms with Crippen LogP contribution in [0.15, 0.2) is 48.7 Å². The number of likely N-dealkylation sites (N-methyl/N-ethyl adjacent to an activating group) is 2. The summed E-state index contributed by atoms with van der Waals surface area (Å²) in [7, 11) is 8.80. The van der Waals surface area contributed by atoms with Gasteiger partial charge in [-0.15, -0.1) is 0 Å². The molecule has 0 radical (unpaired) electrons. The minimum Gasteiger partial charge on any atom is -0.465 e. The molecule has 2 N–H and O–H groups in total. The zero-order valence-corrected chi connectivity index (χ0v) is 23.0. The molecule has 3 heterocycles. The molecule has 0 spiro atoms. The first-order chi connectivity index (χ1) is 19.2. The fraction of sp³-hybridized carbons (Fsp3) is 0.276. The van der Waals surface area contributed by atoms with E-state index in [4.69, 9.17) is 14.2 Å². The van der Waals surface area contributed by atoms with E-state index in [-0.39, 0.29) is 18.6 Å². The highest BCUT2D eigenvalue weighted by Gasteiger charge is 2.30. The summed E-state index contributed by atoms with van der Waals surface area (Å²) in [6.07, 6.45) is 1.80. The van der Waals surface area contributed by atoms with Crippen LogP contribution in [0.5, 0.6) is 11.5 Å². The predicted octanol–water partition coefficient (Wildman–Crippen LogP) is 3.11.